The fourth-order valence-electron chi connectivity index (χ4n) is 2.82. The third-order valence-electron chi connectivity index (χ3n) is 4.53. The predicted octanol–water partition coefficient (Wildman–Crippen LogP) is 4.70. The normalized spacial score (nSPS) is 10.8. The van der Waals surface area contributed by atoms with Crippen LogP contribution in [0.3, 0.4) is 0 Å². The quantitative estimate of drug-likeness (QED) is 0.507. The molecule has 0 fully saturated rings. The highest BCUT2D eigenvalue weighted by molar-refractivity contribution is 9.10. The van der Waals surface area contributed by atoms with Crippen molar-refractivity contribution in [2.24, 2.45) is 0 Å². The van der Waals surface area contributed by atoms with Crippen molar-refractivity contribution in [3.8, 4) is 11.3 Å². The third kappa shape index (κ3) is 5.98. The van der Waals surface area contributed by atoms with Crippen LogP contribution < -0.4 is 10.6 Å². The zero-order chi connectivity index (χ0) is 21.7. The first-order valence-electron chi connectivity index (χ1n) is 9.38. The third-order valence-corrected chi connectivity index (χ3v) is 5.98. The van der Waals surface area contributed by atoms with Crippen LogP contribution in [0.15, 0.2) is 52.3 Å². The monoisotopic (exact) mass is 486 g/mol. The molecular formula is C22H23BrN4O2S. The van der Waals surface area contributed by atoms with Crippen LogP contribution in [0.2, 0.25) is 0 Å². The molecule has 1 heterocycles. The number of benzene rings is 2. The van der Waals surface area contributed by atoms with E-state index in [4.69, 9.17) is 0 Å². The number of rotatable bonds is 7. The molecule has 2 aromatic carbocycles. The van der Waals surface area contributed by atoms with Gasteiger partial charge in [-0.1, -0.05) is 24.3 Å². The van der Waals surface area contributed by atoms with Gasteiger partial charge in [0.2, 0.25) is 11.8 Å². The van der Waals surface area contributed by atoms with Crippen LogP contribution in [0.1, 0.15) is 11.1 Å². The molecule has 8 heteroatoms. The van der Waals surface area contributed by atoms with Gasteiger partial charge in [0.1, 0.15) is 0 Å². The first kappa shape index (κ1) is 22.1. The summed E-state index contributed by atoms with van der Waals surface area (Å²) in [5.41, 5.74) is 4.99. The molecule has 0 bridgehead atoms. The highest BCUT2D eigenvalue weighted by Gasteiger charge is 2.14. The Labute approximate surface area is 188 Å². The van der Waals surface area contributed by atoms with Gasteiger partial charge < -0.3 is 10.6 Å². The first-order valence-corrected chi connectivity index (χ1v) is 11.0. The number of hydrogen-bond donors (Lipinski definition) is 2. The fourth-order valence-corrected chi connectivity index (χ4v) is 3.94. The summed E-state index contributed by atoms with van der Waals surface area (Å²) in [6.07, 6.45) is 0. The Morgan fingerprint density at radius 3 is 2.43 bits per heavy atom. The number of halogens is 1. The van der Waals surface area contributed by atoms with Gasteiger partial charge >= 0.3 is 0 Å². The average molecular weight is 487 g/mol. The molecule has 156 valence electrons. The van der Waals surface area contributed by atoms with Crippen LogP contribution in [-0.4, -0.2) is 41.8 Å². The smallest absolute Gasteiger partial charge is 0.240 e. The molecule has 0 atom stereocenters. The second-order valence-corrected chi connectivity index (χ2v) is 8.80. The van der Waals surface area contributed by atoms with Crippen molar-refractivity contribution in [1.29, 1.82) is 0 Å². The number of thiazole rings is 1. The van der Waals surface area contributed by atoms with Gasteiger partial charge in [0.15, 0.2) is 5.13 Å². The molecule has 0 spiro atoms. The highest BCUT2D eigenvalue weighted by atomic mass is 79.9. The molecule has 3 aromatic rings. The maximum Gasteiger partial charge on any atom is 0.240 e. The number of amides is 2. The minimum Gasteiger partial charge on any atom is -0.324 e. The molecule has 0 unspecified atom stereocenters. The molecule has 3 rings (SSSR count). The van der Waals surface area contributed by atoms with Crippen LogP contribution in [0, 0.1) is 13.8 Å². The summed E-state index contributed by atoms with van der Waals surface area (Å²) in [6, 6.07) is 13.6. The van der Waals surface area contributed by atoms with Crippen molar-refractivity contribution < 1.29 is 9.59 Å². The van der Waals surface area contributed by atoms with Gasteiger partial charge in [-0.15, -0.1) is 11.3 Å². The van der Waals surface area contributed by atoms with Crippen molar-refractivity contribution in [3.05, 3.63) is 63.4 Å². The van der Waals surface area contributed by atoms with E-state index in [1.165, 1.54) is 22.5 Å². The summed E-state index contributed by atoms with van der Waals surface area (Å²) in [7, 11) is 1.72. The number of hydrogen-bond acceptors (Lipinski definition) is 5. The highest BCUT2D eigenvalue weighted by Crippen LogP contribution is 2.26. The number of aromatic nitrogens is 1. The second-order valence-electron chi connectivity index (χ2n) is 7.09. The van der Waals surface area contributed by atoms with Gasteiger partial charge in [0.25, 0.3) is 0 Å². The van der Waals surface area contributed by atoms with E-state index in [2.05, 4.69) is 57.5 Å². The van der Waals surface area contributed by atoms with E-state index in [1.54, 1.807) is 11.9 Å². The van der Waals surface area contributed by atoms with E-state index < -0.39 is 0 Å². The maximum absolute atomic E-state index is 12.3. The van der Waals surface area contributed by atoms with Gasteiger partial charge in [-0.05, 0) is 66.2 Å². The minimum atomic E-state index is -0.216. The first-order chi connectivity index (χ1) is 14.3. The Balaban J connectivity index is 1.51. The van der Waals surface area contributed by atoms with E-state index in [0.29, 0.717) is 10.8 Å². The topological polar surface area (TPSA) is 74.3 Å². The zero-order valence-electron chi connectivity index (χ0n) is 17.0. The second kappa shape index (κ2) is 9.97. The largest absolute Gasteiger partial charge is 0.324 e. The van der Waals surface area contributed by atoms with Crippen molar-refractivity contribution in [2.45, 2.75) is 13.8 Å². The lowest BCUT2D eigenvalue weighted by atomic mass is 10.1. The van der Waals surface area contributed by atoms with E-state index in [-0.39, 0.29) is 24.9 Å². The summed E-state index contributed by atoms with van der Waals surface area (Å²) in [6.45, 7) is 4.32. The molecular weight excluding hydrogens is 464 g/mol. The average Bonchev–Trinajstić information content (AvgIpc) is 3.13. The van der Waals surface area contributed by atoms with E-state index in [9.17, 15) is 9.59 Å². The number of para-hydroxylation sites is 1. The Morgan fingerprint density at radius 2 is 1.73 bits per heavy atom. The number of likely N-dealkylation sites (N-methyl/N-ethyl adjacent to an activating group) is 1. The molecule has 1 aromatic heterocycles. The number of nitrogens with zero attached hydrogens (tertiary/aromatic N) is 2. The Hall–Kier alpha value is -2.55. The maximum atomic E-state index is 12.3. The number of anilines is 2. The van der Waals surface area contributed by atoms with Crippen molar-refractivity contribution in [3.63, 3.8) is 0 Å². The van der Waals surface area contributed by atoms with Crippen LogP contribution >= 0.6 is 27.3 Å². The van der Waals surface area contributed by atoms with Gasteiger partial charge in [-0.2, -0.15) is 0 Å². The molecule has 0 saturated heterocycles. The predicted molar refractivity (Wildman–Crippen MR) is 126 cm³/mol. The van der Waals surface area contributed by atoms with Crippen LogP contribution in [-0.2, 0) is 9.59 Å². The molecule has 0 radical (unpaired) electrons. The van der Waals surface area contributed by atoms with Crippen LogP contribution in [0.5, 0.6) is 0 Å². The van der Waals surface area contributed by atoms with Gasteiger partial charge in [-0.25, -0.2) is 4.98 Å². The molecule has 2 N–H and O–H groups in total. The van der Waals surface area contributed by atoms with Gasteiger partial charge in [0.05, 0.1) is 24.5 Å². The lowest BCUT2D eigenvalue weighted by Crippen LogP contribution is -2.36. The number of nitrogens with one attached hydrogen (secondary N) is 2. The molecule has 0 aliphatic heterocycles. The van der Waals surface area contributed by atoms with Crippen LogP contribution in [0.25, 0.3) is 11.3 Å². The molecule has 0 aliphatic rings. The van der Waals surface area contributed by atoms with Crippen molar-refractivity contribution >= 4 is 49.9 Å². The Morgan fingerprint density at radius 1 is 1.03 bits per heavy atom. The summed E-state index contributed by atoms with van der Waals surface area (Å²) in [4.78, 5) is 30.7. The van der Waals surface area contributed by atoms with Crippen LogP contribution in [0.4, 0.5) is 10.8 Å². The van der Waals surface area contributed by atoms with E-state index >= 15 is 0 Å². The summed E-state index contributed by atoms with van der Waals surface area (Å²) in [5.74, 6) is -0.407. The standard InChI is InChI=1S/C22H23BrN4O2S/c1-14-8-9-16(10-15(14)2)19-13-30-22(25-19)26-21(29)12-27(3)11-20(28)24-18-7-5-4-6-17(18)23/h4-10,13H,11-12H2,1-3H3,(H,24,28)(H,25,26,29). The molecule has 0 saturated carbocycles. The lowest BCUT2D eigenvalue weighted by molar-refractivity contribution is -0.119. The minimum absolute atomic E-state index is 0.0853. The SMILES string of the molecule is Cc1ccc(-c2csc(NC(=O)CN(C)CC(=O)Nc3ccccc3Br)n2)cc1C. The number of carbonyl (C=O) groups is 2. The Bertz CT molecular complexity index is 1070. The Kier molecular flexibility index (Phi) is 7.36. The zero-order valence-corrected chi connectivity index (χ0v) is 19.4. The molecule has 0 aliphatic carbocycles. The van der Waals surface area contributed by atoms with Crippen molar-refractivity contribution in [2.75, 3.05) is 30.8 Å². The van der Waals surface area contributed by atoms with Gasteiger partial charge in [0, 0.05) is 15.4 Å². The molecule has 2 amide bonds. The lowest BCUT2D eigenvalue weighted by Gasteiger charge is -2.15. The van der Waals surface area contributed by atoms with E-state index in [0.717, 1.165) is 15.7 Å². The fraction of sp³-hybridized carbons (Fsp3) is 0.227. The summed E-state index contributed by atoms with van der Waals surface area (Å²) < 4.78 is 0.807. The number of carbonyl (C=O) groups excluding carboxylic acids is 2. The summed E-state index contributed by atoms with van der Waals surface area (Å²) >= 11 is 4.78. The van der Waals surface area contributed by atoms with Gasteiger partial charge in [-0.3, -0.25) is 14.5 Å². The van der Waals surface area contributed by atoms with Crippen molar-refractivity contribution in [1.82, 2.24) is 9.88 Å². The molecule has 30 heavy (non-hydrogen) atoms. The molecule has 6 nitrogen and oxygen atoms in total. The number of aryl methyl sites for hydroxylation is 2. The summed E-state index contributed by atoms with van der Waals surface area (Å²) in [5, 5.41) is 8.10. The van der Waals surface area contributed by atoms with E-state index in [1.807, 2.05) is 35.7 Å².